The van der Waals surface area contributed by atoms with Crippen LogP contribution >= 0.6 is 11.8 Å². The third-order valence-electron chi connectivity index (χ3n) is 4.14. The molecule has 6 heteroatoms. The average Bonchev–Trinajstić information content (AvgIpc) is 3.15. The molecule has 0 radical (unpaired) electrons. The number of carboxylic acids is 1. The van der Waals surface area contributed by atoms with E-state index in [1.54, 1.807) is 0 Å². The predicted octanol–water partition coefficient (Wildman–Crippen LogP) is 4.28. The Morgan fingerprint density at radius 1 is 1.07 bits per heavy atom. The molecule has 0 atom stereocenters. The monoisotopic (exact) mass is 395 g/mol. The Bertz CT molecular complexity index is 963. The van der Waals surface area contributed by atoms with Crippen molar-refractivity contribution in [1.82, 2.24) is 4.57 Å². The quantitative estimate of drug-likeness (QED) is 0.433. The van der Waals surface area contributed by atoms with E-state index >= 15 is 0 Å². The summed E-state index contributed by atoms with van der Waals surface area (Å²) in [4.78, 5) is 24.3. The molecule has 1 heterocycles. The van der Waals surface area contributed by atoms with Gasteiger partial charge in [-0.15, -0.1) is 11.8 Å². The molecule has 1 N–H and O–H groups in total. The van der Waals surface area contributed by atoms with Gasteiger partial charge < -0.3 is 14.4 Å². The summed E-state index contributed by atoms with van der Waals surface area (Å²) < 4.78 is 7.67. The number of carboxylic acid groups (broad SMARTS) is 1. The van der Waals surface area contributed by atoms with Crippen LogP contribution in [0, 0.1) is 6.92 Å². The number of rotatable bonds is 9. The van der Waals surface area contributed by atoms with E-state index in [9.17, 15) is 9.59 Å². The van der Waals surface area contributed by atoms with Crippen molar-refractivity contribution >= 4 is 23.5 Å². The van der Waals surface area contributed by atoms with E-state index in [1.807, 2.05) is 78.4 Å². The number of hydrogen-bond acceptors (Lipinski definition) is 4. The van der Waals surface area contributed by atoms with Gasteiger partial charge in [0.1, 0.15) is 12.4 Å². The highest BCUT2D eigenvalue weighted by Crippen LogP contribution is 2.23. The zero-order valence-electron chi connectivity index (χ0n) is 15.5. The molecule has 0 saturated heterocycles. The maximum atomic E-state index is 12.7. The van der Waals surface area contributed by atoms with Crippen molar-refractivity contribution in [3.63, 3.8) is 0 Å². The van der Waals surface area contributed by atoms with Gasteiger partial charge in [-0.05, 0) is 37.3 Å². The summed E-state index contributed by atoms with van der Waals surface area (Å²) in [6.45, 7) is 2.92. The number of aromatic nitrogens is 1. The highest BCUT2D eigenvalue weighted by atomic mass is 32.2. The van der Waals surface area contributed by atoms with Gasteiger partial charge in [-0.3, -0.25) is 9.59 Å². The van der Waals surface area contributed by atoms with Crippen LogP contribution < -0.4 is 4.74 Å². The molecular weight excluding hydrogens is 374 g/mol. The lowest BCUT2D eigenvalue weighted by atomic mass is 10.1. The molecule has 0 saturated carbocycles. The van der Waals surface area contributed by atoms with Gasteiger partial charge in [0, 0.05) is 16.7 Å². The number of carbonyl (C=O) groups is 2. The minimum Gasteiger partial charge on any atom is -0.492 e. The SMILES string of the molecule is Cc1ccc(C(=O)c2cccn2CCOc2cccc(SCC(=O)O)c2)cc1. The Labute approximate surface area is 168 Å². The molecule has 2 aromatic carbocycles. The molecule has 144 valence electrons. The Morgan fingerprint density at radius 2 is 1.86 bits per heavy atom. The highest BCUT2D eigenvalue weighted by Gasteiger charge is 2.13. The van der Waals surface area contributed by atoms with Gasteiger partial charge in [0.15, 0.2) is 0 Å². The van der Waals surface area contributed by atoms with Gasteiger partial charge in [0.05, 0.1) is 18.0 Å². The number of nitrogens with zero attached hydrogens (tertiary/aromatic N) is 1. The molecule has 5 nitrogen and oxygen atoms in total. The van der Waals surface area contributed by atoms with Crippen molar-refractivity contribution in [3.05, 3.63) is 83.7 Å². The number of ether oxygens (including phenoxy) is 1. The summed E-state index contributed by atoms with van der Waals surface area (Å²) in [6, 6.07) is 18.5. The van der Waals surface area contributed by atoms with Crippen LogP contribution in [0.25, 0.3) is 0 Å². The molecule has 1 aromatic heterocycles. The van der Waals surface area contributed by atoms with Crippen molar-refractivity contribution in [2.75, 3.05) is 12.4 Å². The Kier molecular flexibility index (Phi) is 6.55. The van der Waals surface area contributed by atoms with Crippen LogP contribution in [0.2, 0.25) is 0 Å². The second-order valence-corrected chi connectivity index (χ2v) is 7.34. The number of aryl methyl sites for hydroxylation is 1. The van der Waals surface area contributed by atoms with E-state index in [-0.39, 0.29) is 11.5 Å². The fourth-order valence-electron chi connectivity index (χ4n) is 2.73. The van der Waals surface area contributed by atoms with Crippen molar-refractivity contribution in [2.45, 2.75) is 18.4 Å². The van der Waals surface area contributed by atoms with Gasteiger partial charge >= 0.3 is 5.97 Å². The molecule has 0 spiro atoms. The number of carbonyl (C=O) groups excluding carboxylic acids is 1. The van der Waals surface area contributed by atoms with Crippen molar-refractivity contribution in [2.24, 2.45) is 0 Å². The smallest absolute Gasteiger partial charge is 0.313 e. The first kappa shape index (κ1) is 19.8. The second-order valence-electron chi connectivity index (χ2n) is 6.29. The Balaban J connectivity index is 1.60. The van der Waals surface area contributed by atoms with Crippen molar-refractivity contribution in [3.8, 4) is 5.75 Å². The molecule has 28 heavy (non-hydrogen) atoms. The summed E-state index contributed by atoms with van der Waals surface area (Å²) in [7, 11) is 0. The van der Waals surface area contributed by atoms with Crippen LogP contribution in [0.3, 0.4) is 0 Å². The fourth-order valence-corrected chi connectivity index (χ4v) is 3.39. The molecule has 3 aromatic rings. The average molecular weight is 395 g/mol. The van der Waals surface area contributed by atoms with Crippen LogP contribution in [-0.2, 0) is 11.3 Å². The van der Waals surface area contributed by atoms with Gasteiger partial charge in [-0.25, -0.2) is 0 Å². The number of ketones is 1. The Morgan fingerprint density at radius 3 is 2.61 bits per heavy atom. The third kappa shape index (κ3) is 5.27. The molecule has 0 bridgehead atoms. The second kappa shape index (κ2) is 9.28. The first-order valence-corrected chi connectivity index (χ1v) is 9.85. The maximum absolute atomic E-state index is 12.7. The van der Waals surface area contributed by atoms with Crippen LogP contribution in [-0.4, -0.2) is 33.8 Å². The number of hydrogen-bond donors (Lipinski definition) is 1. The predicted molar refractivity (Wildman–Crippen MR) is 109 cm³/mol. The van der Waals surface area contributed by atoms with E-state index in [1.165, 1.54) is 11.8 Å². The number of thioether (sulfide) groups is 1. The van der Waals surface area contributed by atoms with Crippen LogP contribution in [0.4, 0.5) is 0 Å². The van der Waals surface area contributed by atoms with Crippen LogP contribution in [0.1, 0.15) is 21.6 Å². The summed E-state index contributed by atoms with van der Waals surface area (Å²) >= 11 is 1.25. The molecule has 0 aliphatic rings. The van der Waals surface area contributed by atoms with Crippen molar-refractivity contribution in [1.29, 1.82) is 0 Å². The summed E-state index contributed by atoms with van der Waals surface area (Å²) in [6.07, 6.45) is 1.86. The standard InChI is InChI=1S/C22H21NO4S/c1-16-7-9-17(10-8-16)22(26)20-6-3-11-23(20)12-13-27-18-4-2-5-19(14-18)28-15-21(24)25/h2-11,14H,12-13,15H2,1H3,(H,24,25). The zero-order chi connectivity index (χ0) is 19.9. The van der Waals surface area contributed by atoms with Gasteiger partial charge in [-0.1, -0.05) is 35.9 Å². The fraction of sp³-hybridized carbons (Fsp3) is 0.182. The topological polar surface area (TPSA) is 68.5 Å². The summed E-state index contributed by atoms with van der Waals surface area (Å²) in [5.74, 6) is -0.183. The molecule has 0 amide bonds. The van der Waals surface area contributed by atoms with Crippen LogP contribution in [0.5, 0.6) is 5.75 Å². The van der Waals surface area contributed by atoms with Crippen molar-refractivity contribution < 1.29 is 19.4 Å². The normalized spacial score (nSPS) is 10.6. The van der Waals surface area contributed by atoms with E-state index < -0.39 is 5.97 Å². The first-order chi connectivity index (χ1) is 13.5. The van der Waals surface area contributed by atoms with E-state index in [2.05, 4.69) is 0 Å². The number of benzene rings is 2. The lowest BCUT2D eigenvalue weighted by Crippen LogP contribution is -2.14. The van der Waals surface area contributed by atoms with E-state index in [0.717, 1.165) is 10.5 Å². The molecule has 0 aliphatic heterocycles. The third-order valence-corrected chi connectivity index (χ3v) is 5.12. The molecule has 0 unspecified atom stereocenters. The van der Waals surface area contributed by atoms with Crippen LogP contribution in [0.15, 0.2) is 71.8 Å². The molecule has 3 rings (SSSR count). The minimum atomic E-state index is -0.852. The molecule has 0 aliphatic carbocycles. The molecular formula is C22H21NO4S. The summed E-state index contributed by atoms with van der Waals surface area (Å²) in [5, 5.41) is 8.78. The zero-order valence-corrected chi connectivity index (χ0v) is 16.3. The van der Waals surface area contributed by atoms with Gasteiger partial charge in [0.2, 0.25) is 5.78 Å². The molecule has 0 fully saturated rings. The number of aliphatic carboxylic acids is 1. The maximum Gasteiger partial charge on any atom is 0.313 e. The highest BCUT2D eigenvalue weighted by molar-refractivity contribution is 8.00. The van der Waals surface area contributed by atoms with E-state index in [0.29, 0.717) is 30.2 Å². The minimum absolute atomic E-state index is 0.0112. The first-order valence-electron chi connectivity index (χ1n) is 8.87. The lowest BCUT2D eigenvalue weighted by Gasteiger charge is -2.11. The van der Waals surface area contributed by atoms with Gasteiger partial charge in [0.25, 0.3) is 0 Å². The Hall–Kier alpha value is -2.99. The van der Waals surface area contributed by atoms with E-state index in [4.69, 9.17) is 9.84 Å². The van der Waals surface area contributed by atoms with Gasteiger partial charge in [-0.2, -0.15) is 0 Å². The summed E-state index contributed by atoms with van der Waals surface area (Å²) in [5.41, 5.74) is 2.40. The largest absolute Gasteiger partial charge is 0.492 e. The lowest BCUT2D eigenvalue weighted by molar-refractivity contribution is -0.133.